The second-order valence-electron chi connectivity index (χ2n) is 5.67. The molecule has 0 unspecified atom stereocenters. The first-order valence-corrected chi connectivity index (χ1v) is 8.27. The van der Waals surface area contributed by atoms with Gasteiger partial charge in [0.2, 0.25) is 0 Å². The van der Waals surface area contributed by atoms with Crippen LogP contribution in [0, 0.1) is 0 Å². The highest BCUT2D eigenvalue weighted by Gasteiger charge is 2.07. The summed E-state index contributed by atoms with van der Waals surface area (Å²) in [5.74, 6) is -0.382. The van der Waals surface area contributed by atoms with Gasteiger partial charge in [0, 0.05) is 6.42 Å². The fraction of sp³-hybridized carbons (Fsp3) is 0.765. The molecule has 5 nitrogen and oxygen atoms in total. The summed E-state index contributed by atoms with van der Waals surface area (Å²) in [6, 6.07) is 0. The van der Waals surface area contributed by atoms with Crippen molar-refractivity contribution >= 4 is 17.9 Å². The molecule has 0 heterocycles. The lowest BCUT2D eigenvalue weighted by atomic mass is 10.0. The van der Waals surface area contributed by atoms with E-state index in [1.807, 2.05) is 0 Å². The van der Waals surface area contributed by atoms with Crippen LogP contribution >= 0.6 is 0 Å². The Balaban J connectivity index is 3.22. The molecule has 2 N–H and O–H groups in total. The van der Waals surface area contributed by atoms with Crippen molar-refractivity contribution in [3.05, 3.63) is 5.57 Å². The van der Waals surface area contributed by atoms with Gasteiger partial charge in [-0.3, -0.25) is 4.79 Å². The molecule has 0 aliphatic heterocycles. The summed E-state index contributed by atoms with van der Waals surface area (Å²) in [5, 5.41) is 17.1. The fourth-order valence-corrected chi connectivity index (χ4v) is 2.37. The van der Waals surface area contributed by atoms with E-state index in [1.54, 1.807) is 0 Å². The van der Waals surface area contributed by atoms with E-state index in [0.717, 1.165) is 44.9 Å². The second-order valence-corrected chi connectivity index (χ2v) is 5.67. The maximum atomic E-state index is 10.6. The highest BCUT2D eigenvalue weighted by Crippen LogP contribution is 2.13. The summed E-state index contributed by atoms with van der Waals surface area (Å²) < 4.78 is 0. The van der Waals surface area contributed by atoms with Gasteiger partial charge in [0.15, 0.2) is 0 Å². The first-order chi connectivity index (χ1) is 10.6. The van der Waals surface area contributed by atoms with Crippen molar-refractivity contribution < 1.29 is 24.6 Å². The second kappa shape index (κ2) is 14.3. The molecule has 0 rings (SSSR count). The molecule has 0 saturated heterocycles. The molecule has 0 bridgehead atoms. The predicted octanol–water partition coefficient (Wildman–Crippen LogP) is 3.98. The third-order valence-electron chi connectivity index (χ3n) is 3.70. The van der Waals surface area contributed by atoms with Crippen molar-refractivity contribution in [2.24, 2.45) is 0 Å². The number of hydrogen-bond donors (Lipinski definition) is 2. The number of unbranched alkanes of at least 4 members (excludes halogenated alkanes) is 10. The molecule has 5 heteroatoms. The highest BCUT2D eigenvalue weighted by atomic mass is 16.4. The van der Waals surface area contributed by atoms with Crippen molar-refractivity contribution in [2.45, 2.75) is 83.5 Å². The number of carboxylic acid groups (broad SMARTS) is 2. The number of hydrogen-bond acceptors (Lipinski definition) is 3. The molecule has 22 heavy (non-hydrogen) atoms. The van der Waals surface area contributed by atoms with E-state index in [0.29, 0.717) is 6.42 Å². The van der Waals surface area contributed by atoms with E-state index >= 15 is 0 Å². The van der Waals surface area contributed by atoms with Crippen LogP contribution in [0.2, 0.25) is 0 Å². The number of carbonyl (C=O) groups excluding carboxylic acids is 1. The Morgan fingerprint density at radius 1 is 0.636 bits per heavy atom. The molecule has 0 radical (unpaired) electrons. The van der Waals surface area contributed by atoms with E-state index in [9.17, 15) is 14.4 Å². The van der Waals surface area contributed by atoms with Crippen LogP contribution in [0.4, 0.5) is 0 Å². The molecule has 0 atom stereocenters. The third-order valence-corrected chi connectivity index (χ3v) is 3.70. The Morgan fingerprint density at radius 2 is 1.00 bits per heavy atom. The smallest absolute Gasteiger partial charge is 0.342 e. The summed E-state index contributed by atoms with van der Waals surface area (Å²) in [4.78, 5) is 31.2. The van der Waals surface area contributed by atoms with Gasteiger partial charge in [0.25, 0.3) is 0 Å². The van der Waals surface area contributed by atoms with Gasteiger partial charge >= 0.3 is 11.9 Å². The molecule has 0 aromatic rings. The van der Waals surface area contributed by atoms with Crippen LogP contribution in [0.1, 0.15) is 83.5 Å². The fourth-order valence-electron chi connectivity index (χ4n) is 2.37. The Kier molecular flexibility index (Phi) is 13.3. The Hall–Kier alpha value is -1.61. The van der Waals surface area contributed by atoms with Gasteiger partial charge in [0.1, 0.15) is 11.5 Å². The molecule has 0 aromatic carbocycles. The van der Waals surface area contributed by atoms with Crippen molar-refractivity contribution in [3.63, 3.8) is 0 Å². The Labute approximate surface area is 132 Å². The quantitative estimate of drug-likeness (QED) is 0.271. The van der Waals surface area contributed by atoms with Crippen LogP contribution in [0.3, 0.4) is 0 Å². The molecule has 0 aromatic heterocycles. The molecule has 126 valence electrons. The van der Waals surface area contributed by atoms with Crippen molar-refractivity contribution in [1.82, 2.24) is 0 Å². The number of carbonyl (C=O) groups is 2. The summed E-state index contributed by atoms with van der Waals surface area (Å²) in [6.07, 6.45) is 12.2. The minimum Gasteiger partial charge on any atom is -0.481 e. The van der Waals surface area contributed by atoms with Crippen LogP contribution in [0.15, 0.2) is 5.57 Å². The molecule has 0 aliphatic rings. The Morgan fingerprint density at radius 3 is 1.32 bits per heavy atom. The van der Waals surface area contributed by atoms with E-state index in [-0.39, 0.29) is 12.0 Å². The van der Waals surface area contributed by atoms with Crippen LogP contribution in [0.25, 0.3) is 0 Å². The topological polar surface area (TPSA) is 91.7 Å². The average molecular weight is 312 g/mol. The summed E-state index contributed by atoms with van der Waals surface area (Å²) in [6.45, 7) is 0. The van der Waals surface area contributed by atoms with E-state index in [2.05, 4.69) is 0 Å². The maximum Gasteiger partial charge on any atom is 0.342 e. The maximum absolute atomic E-state index is 10.6. The number of aliphatic carboxylic acids is 2. The SMILES string of the molecule is O=C=C(CCCCCCCCCCCCCC(=O)O)C(=O)O. The minimum atomic E-state index is -1.15. The largest absolute Gasteiger partial charge is 0.481 e. The zero-order valence-electron chi connectivity index (χ0n) is 13.3. The molecule has 0 amide bonds. The average Bonchev–Trinajstić information content (AvgIpc) is 2.47. The van der Waals surface area contributed by atoms with Gasteiger partial charge in [-0.25, -0.2) is 9.59 Å². The zero-order chi connectivity index (χ0) is 16.6. The van der Waals surface area contributed by atoms with E-state index in [1.165, 1.54) is 31.6 Å². The van der Waals surface area contributed by atoms with Crippen LogP contribution < -0.4 is 0 Å². The van der Waals surface area contributed by atoms with Gasteiger partial charge in [-0.1, -0.05) is 57.8 Å². The van der Waals surface area contributed by atoms with Gasteiger partial charge in [-0.05, 0) is 19.3 Å². The number of carboxylic acids is 2. The van der Waals surface area contributed by atoms with Gasteiger partial charge in [-0.15, -0.1) is 0 Å². The monoisotopic (exact) mass is 312 g/mol. The van der Waals surface area contributed by atoms with Gasteiger partial charge in [0.05, 0.1) is 0 Å². The summed E-state index contributed by atoms with van der Waals surface area (Å²) in [7, 11) is 0. The zero-order valence-corrected chi connectivity index (χ0v) is 13.3. The summed E-state index contributed by atoms with van der Waals surface area (Å²) in [5.41, 5.74) is -0.150. The molecule has 0 saturated carbocycles. The lowest BCUT2D eigenvalue weighted by molar-refractivity contribution is -0.137. The highest BCUT2D eigenvalue weighted by molar-refractivity contribution is 5.95. The van der Waals surface area contributed by atoms with Crippen LogP contribution in [0.5, 0.6) is 0 Å². The minimum absolute atomic E-state index is 0.150. The first-order valence-electron chi connectivity index (χ1n) is 8.27. The van der Waals surface area contributed by atoms with Crippen molar-refractivity contribution in [3.8, 4) is 0 Å². The number of rotatable bonds is 15. The van der Waals surface area contributed by atoms with Gasteiger partial charge < -0.3 is 10.2 Å². The lowest BCUT2D eigenvalue weighted by Gasteiger charge is -2.02. The Bertz CT molecular complexity index is 369. The predicted molar refractivity (Wildman–Crippen MR) is 84.5 cm³/mol. The molecule has 0 spiro atoms. The van der Waals surface area contributed by atoms with Crippen LogP contribution in [-0.2, 0) is 14.4 Å². The van der Waals surface area contributed by atoms with Crippen LogP contribution in [-0.4, -0.2) is 28.1 Å². The molecular weight excluding hydrogens is 284 g/mol. The summed E-state index contributed by atoms with van der Waals surface area (Å²) >= 11 is 0. The molecule has 0 fully saturated rings. The lowest BCUT2D eigenvalue weighted by Crippen LogP contribution is -2.01. The van der Waals surface area contributed by atoms with Gasteiger partial charge in [-0.2, -0.15) is 0 Å². The van der Waals surface area contributed by atoms with E-state index in [4.69, 9.17) is 10.2 Å². The van der Waals surface area contributed by atoms with E-state index < -0.39 is 11.9 Å². The van der Waals surface area contributed by atoms with Crippen molar-refractivity contribution in [1.29, 1.82) is 0 Å². The molecular formula is C17H28O5. The first kappa shape index (κ1) is 20.4. The molecule has 0 aliphatic carbocycles. The third kappa shape index (κ3) is 13.4. The normalized spacial score (nSPS) is 10.2. The standard InChI is InChI=1S/C17H28O5/c18-14-15(17(21)22)12-10-8-6-4-2-1-3-5-7-9-11-13-16(19)20/h1-13H2,(H,19,20)(H,21,22). The van der Waals surface area contributed by atoms with Crippen molar-refractivity contribution in [2.75, 3.05) is 0 Å².